The van der Waals surface area contributed by atoms with E-state index in [0.29, 0.717) is 19.4 Å². The number of carbonyl (C=O) groups is 1. The lowest BCUT2D eigenvalue weighted by atomic mass is 9.87. The Morgan fingerprint density at radius 3 is 2.61 bits per heavy atom. The van der Waals surface area contributed by atoms with Crippen molar-refractivity contribution >= 4 is 30.7 Å². The first-order valence-electron chi connectivity index (χ1n) is 8.94. The standard InChI is InChI=1S/C19H26FN5O.2ClH/c1-24(2)17(15-5-3-6-16(20)13-15)14-22-18(26)19(7-10-21-11-8-19)25-12-4-9-23-25;;/h3-6,9,12-13,17,21H,7-8,10-11,14H2,1-2H3,(H,22,26);2*1H. The summed E-state index contributed by atoms with van der Waals surface area (Å²) >= 11 is 0. The van der Waals surface area contributed by atoms with Crippen LogP contribution in [-0.4, -0.2) is 54.3 Å². The number of carbonyl (C=O) groups excluding carboxylic acids is 1. The highest BCUT2D eigenvalue weighted by Crippen LogP contribution is 2.27. The van der Waals surface area contributed by atoms with Gasteiger partial charge in [-0.3, -0.25) is 9.48 Å². The van der Waals surface area contributed by atoms with Crippen molar-refractivity contribution in [1.82, 2.24) is 25.3 Å². The molecule has 1 amide bonds. The Morgan fingerprint density at radius 2 is 2.04 bits per heavy atom. The summed E-state index contributed by atoms with van der Waals surface area (Å²) in [5.74, 6) is -0.307. The predicted molar refractivity (Wildman–Crippen MR) is 113 cm³/mol. The van der Waals surface area contributed by atoms with Crippen molar-refractivity contribution in [3.05, 3.63) is 54.1 Å². The van der Waals surface area contributed by atoms with Crippen LogP contribution in [0.25, 0.3) is 0 Å². The molecule has 1 aromatic carbocycles. The fourth-order valence-corrected chi connectivity index (χ4v) is 3.59. The highest BCUT2D eigenvalue weighted by molar-refractivity contribution is 5.85. The van der Waals surface area contributed by atoms with Crippen LogP contribution in [0.2, 0.25) is 0 Å². The number of hydrogen-bond donors (Lipinski definition) is 2. The van der Waals surface area contributed by atoms with Crippen LogP contribution in [0.15, 0.2) is 42.7 Å². The van der Waals surface area contributed by atoms with E-state index in [9.17, 15) is 9.18 Å². The van der Waals surface area contributed by atoms with Gasteiger partial charge in [-0.1, -0.05) is 12.1 Å². The quantitative estimate of drug-likeness (QED) is 0.736. The number of piperidine rings is 1. The van der Waals surface area contributed by atoms with Gasteiger partial charge in [-0.25, -0.2) is 4.39 Å². The molecule has 1 aliphatic rings. The number of aromatic nitrogens is 2. The van der Waals surface area contributed by atoms with Crippen LogP contribution in [0.4, 0.5) is 4.39 Å². The number of nitrogens with one attached hydrogen (secondary N) is 2. The van der Waals surface area contributed by atoms with E-state index in [-0.39, 0.29) is 42.6 Å². The van der Waals surface area contributed by atoms with Gasteiger partial charge in [0, 0.05) is 18.9 Å². The van der Waals surface area contributed by atoms with E-state index in [0.717, 1.165) is 18.7 Å². The molecule has 1 saturated heterocycles. The Morgan fingerprint density at radius 1 is 1.32 bits per heavy atom. The third-order valence-corrected chi connectivity index (χ3v) is 5.11. The molecule has 0 aliphatic carbocycles. The molecule has 2 aromatic rings. The van der Waals surface area contributed by atoms with Gasteiger partial charge in [0.1, 0.15) is 11.4 Å². The number of hydrogen-bond acceptors (Lipinski definition) is 4. The van der Waals surface area contributed by atoms with E-state index in [4.69, 9.17) is 0 Å². The van der Waals surface area contributed by atoms with Gasteiger partial charge < -0.3 is 15.5 Å². The molecule has 1 aliphatic heterocycles. The summed E-state index contributed by atoms with van der Waals surface area (Å²) in [4.78, 5) is 15.1. The number of halogens is 3. The molecule has 1 atom stereocenters. The molecule has 6 nitrogen and oxygen atoms in total. The van der Waals surface area contributed by atoms with Crippen LogP contribution in [0.1, 0.15) is 24.4 Å². The lowest BCUT2D eigenvalue weighted by Crippen LogP contribution is -2.55. The second-order valence-electron chi connectivity index (χ2n) is 6.98. The minimum Gasteiger partial charge on any atom is -0.352 e. The zero-order valence-corrected chi connectivity index (χ0v) is 17.7. The van der Waals surface area contributed by atoms with Crippen LogP contribution in [0, 0.1) is 5.82 Å². The molecular formula is C19H28Cl2FN5O. The van der Waals surface area contributed by atoms with Crippen molar-refractivity contribution in [2.75, 3.05) is 33.7 Å². The summed E-state index contributed by atoms with van der Waals surface area (Å²) in [5.41, 5.74) is 0.168. The number of amides is 1. The number of rotatable bonds is 6. The maximum absolute atomic E-state index is 13.6. The fraction of sp³-hybridized carbons (Fsp3) is 0.474. The van der Waals surface area contributed by atoms with E-state index in [1.54, 1.807) is 16.9 Å². The largest absolute Gasteiger partial charge is 0.352 e. The molecular weight excluding hydrogens is 404 g/mol. The summed E-state index contributed by atoms with van der Waals surface area (Å²) in [6.07, 6.45) is 4.92. The fourth-order valence-electron chi connectivity index (χ4n) is 3.59. The highest BCUT2D eigenvalue weighted by Gasteiger charge is 2.42. The summed E-state index contributed by atoms with van der Waals surface area (Å²) in [6, 6.07) is 8.26. The SMILES string of the molecule is CN(C)C(CNC(=O)C1(n2cccn2)CCNCC1)c1cccc(F)c1.Cl.Cl. The van der Waals surface area contributed by atoms with Crippen molar-refractivity contribution < 1.29 is 9.18 Å². The van der Waals surface area contributed by atoms with Gasteiger partial charge in [-0.15, -0.1) is 24.8 Å². The molecule has 0 spiro atoms. The second-order valence-corrected chi connectivity index (χ2v) is 6.98. The number of nitrogens with zero attached hydrogens (tertiary/aromatic N) is 3. The van der Waals surface area contributed by atoms with E-state index in [2.05, 4.69) is 15.7 Å². The lowest BCUT2D eigenvalue weighted by Gasteiger charge is -2.37. The Hall–Kier alpha value is -1.67. The van der Waals surface area contributed by atoms with Gasteiger partial charge >= 0.3 is 0 Å². The number of benzene rings is 1. The van der Waals surface area contributed by atoms with E-state index in [1.165, 1.54) is 12.1 Å². The smallest absolute Gasteiger partial charge is 0.248 e. The average Bonchev–Trinajstić information content (AvgIpc) is 3.17. The zero-order chi connectivity index (χ0) is 18.6. The van der Waals surface area contributed by atoms with E-state index < -0.39 is 5.54 Å². The molecule has 28 heavy (non-hydrogen) atoms. The van der Waals surface area contributed by atoms with Gasteiger partial charge in [-0.05, 0) is 63.8 Å². The summed E-state index contributed by atoms with van der Waals surface area (Å²) in [7, 11) is 3.85. The Bertz CT molecular complexity index is 736. The monoisotopic (exact) mass is 431 g/mol. The molecule has 156 valence electrons. The molecule has 9 heteroatoms. The van der Waals surface area contributed by atoms with E-state index >= 15 is 0 Å². The molecule has 1 aromatic heterocycles. The van der Waals surface area contributed by atoms with Gasteiger partial charge in [0.25, 0.3) is 0 Å². The molecule has 1 fully saturated rings. The van der Waals surface area contributed by atoms with Crippen LogP contribution < -0.4 is 10.6 Å². The molecule has 0 saturated carbocycles. The van der Waals surface area contributed by atoms with Crippen LogP contribution >= 0.6 is 24.8 Å². The van der Waals surface area contributed by atoms with Crippen molar-refractivity contribution in [3.8, 4) is 0 Å². The third kappa shape index (κ3) is 5.23. The van der Waals surface area contributed by atoms with E-state index in [1.807, 2.05) is 37.3 Å². The first-order chi connectivity index (χ1) is 12.5. The van der Waals surface area contributed by atoms with Crippen LogP contribution in [0.3, 0.4) is 0 Å². The predicted octanol–water partition coefficient (Wildman–Crippen LogP) is 2.36. The Labute approximate surface area is 177 Å². The maximum Gasteiger partial charge on any atom is 0.248 e. The maximum atomic E-state index is 13.6. The summed E-state index contributed by atoms with van der Waals surface area (Å²) in [5, 5.41) is 10.7. The third-order valence-electron chi connectivity index (χ3n) is 5.11. The minimum atomic E-state index is -0.673. The topological polar surface area (TPSA) is 62.2 Å². The highest BCUT2D eigenvalue weighted by atomic mass is 35.5. The molecule has 2 N–H and O–H groups in total. The average molecular weight is 432 g/mol. The van der Waals surface area contributed by atoms with Crippen LogP contribution in [0.5, 0.6) is 0 Å². The van der Waals surface area contributed by atoms with Gasteiger partial charge in [-0.2, -0.15) is 5.10 Å². The van der Waals surface area contributed by atoms with Crippen molar-refractivity contribution in [3.63, 3.8) is 0 Å². The van der Waals surface area contributed by atoms with Gasteiger partial charge in [0.2, 0.25) is 5.91 Å². The zero-order valence-electron chi connectivity index (χ0n) is 16.1. The first kappa shape index (κ1) is 24.4. The first-order valence-corrected chi connectivity index (χ1v) is 8.94. The van der Waals surface area contributed by atoms with Gasteiger partial charge in [0.15, 0.2) is 0 Å². The molecule has 0 bridgehead atoms. The van der Waals surface area contributed by atoms with Crippen molar-refractivity contribution in [2.45, 2.75) is 24.4 Å². The minimum absolute atomic E-state index is 0. The molecule has 2 heterocycles. The normalized spacial score (nSPS) is 16.6. The van der Waals surface area contributed by atoms with Crippen molar-refractivity contribution in [1.29, 1.82) is 0 Å². The second kappa shape index (κ2) is 10.8. The Kier molecular flexibility index (Phi) is 9.36. The Balaban J connectivity index is 0.00000196. The molecule has 3 rings (SSSR count). The molecule has 0 radical (unpaired) electrons. The molecule has 1 unspecified atom stereocenters. The van der Waals surface area contributed by atoms with Gasteiger partial charge in [0.05, 0.1) is 6.04 Å². The summed E-state index contributed by atoms with van der Waals surface area (Å²) < 4.78 is 15.4. The number of likely N-dealkylation sites (N-methyl/N-ethyl adjacent to an activating group) is 1. The summed E-state index contributed by atoms with van der Waals surface area (Å²) in [6.45, 7) is 1.95. The van der Waals surface area contributed by atoms with Crippen molar-refractivity contribution in [2.24, 2.45) is 0 Å². The van der Waals surface area contributed by atoms with Crippen LogP contribution in [-0.2, 0) is 10.3 Å². The lowest BCUT2D eigenvalue weighted by molar-refractivity contribution is -0.132.